The second-order valence-electron chi connectivity index (χ2n) is 5.32. The number of aliphatic hydroxyl groups excluding tert-OH is 1. The number of nitrogens with one attached hydrogen (secondary N) is 1. The zero-order chi connectivity index (χ0) is 15.7. The Hall–Kier alpha value is -1.43. The fourth-order valence-electron chi connectivity index (χ4n) is 2.01. The van der Waals surface area contributed by atoms with E-state index in [-0.39, 0.29) is 19.1 Å². The highest BCUT2D eigenvalue weighted by atomic mass is 16.5. The van der Waals surface area contributed by atoms with Crippen LogP contribution in [0.5, 0.6) is 0 Å². The van der Waals surface area contributed by atoms with Gasteiger partial charge in [0, 0.05) is 25.9 Å². The van der Waals surface area contributed by atoms with Crippen LogP contribution in [0.2, 0.25) is 0 Å². The highest BCUT2D eigenvalue weighted by molar-refractivity contribution is 5.92. The standard InChI is InChI=1S/C16H26N2O3/c1-13(2)14-5-4-6-15(11-14)17-16(20)12-18(7-9-19)8-10-21-3/h4-6,11,13,19H,7-10,12H2,1-3H3,(H,17,20). The normalized spacial score (nSPS) is 11.1. The number of carbonyl (C=O) groups excluding carboxylic acids is 1. The van der Waals surface area contributed by atoms with Gasteiger partial charge in [0.1, 0.15) is 0 Å². The molecule has 118 valence electrons. The summed E-state index contributed by atoms with van der Waals surface area (Å²) >= 11 is 0. The van der Waals surface area contributed by atoms with E-state index in [2.05, 4.69) is 25.2 Å². The van der Waals surface area contributed by atoms with E-state index in [1.807, 2.05) is 23.1 Å². The molecule has 0 spiro atoms. The van der Waals surface area contributed by atoms with Gasteiger partial charge in [-0.25, -0.2) is 0 Å². The van der Waals surface area contributed by atoms with Gasteiger partial charge in [-0.1, -0.05) is 26.0 Å². The number of hydrogen-bond donors (Lipinski definition) is 2. The molecule has 0 saturated heterocycles. The van der Waals surface area contributed by atoms with E-state index < -0.39 is 0 Å². The Morgan fingerprint density at radius 1 is 1.38 bits per heavy atom. The molecular formula is C16H26N2O3. The maximum atomic E-state index is 12.1. The summed E-state index contributed by atoms with van der Waals surface area (Å²) in [7, 11) is 1.62. The molecule has 0 bridgehead atoms. The molecule has 1 amide bonds. The molecule has 0 saturated carbocycles. The van der Waals surface area contributed by atoms with Crippen LogP contribution in [0.3, 0.4) is 0 Å². The molecule has 0 heterocycles. The molecule has 0 aromatic heterocycles. The SMILES string of the molecule is COCCN(CCO)CC(=O)Nc1cccc(C(C)C)c1. The summed E-state index contributed by atoms with van der Waals surface area (Å²) < 4.78 is 5.01. The van der Waals surface area contributed by atoms with Gasteiger partial charge in [-0.3, -0.25) is 9.69 Å². The molecule has 0 aliphatic rings. The molecule has 0 atom stereocenters. The summed E-state index contributed by atoms with van der Waals surface area (Å²) in [5, 5.41) is 11.9. The highest BCUT2D eigenvalue weighted by Crippen LogP contribution is 2.18. The number of anilines is 1. The molecule has 0 radical (unpaired) electrons. The van der Waals surface area contributed by atoms with Crippen LogP contribution in [-0.2, 0) is 9.53 Å². The van der Waals surface area contributed by atoms with Crippen molar-refractivity contribution in [2.75, 3.05) is 45.3 Å². The maximum absolute atomic E-state index is 12.1. The largest absolute Gasteiger partial charge is 0.395 e. The summed E-state index contributed by atoms with van der Waals surface area (Å²) in [5.74, 6) is 0.343. The molecule has 0 unspecified atom stereocenters. The zero-order valence-electron chi connectivity index (χ0n) is 13.1. The molecule has 5 heteroatoms. The van der Waals surface area contributed by atoms with Gasteiger partial charge in [0.15, 0.2) is 0 Å². The summed E-state index contributed by atoms with van der Waals surface area (Å²) in [6, 6.07) is 7.88. The van der Waals surface area contributed by atoms with Crippen LogP contribution in [-0.4, -0.2) is 55.9 Å². The minimum Gasteiger partial charge on any atom is -0.395 e. The lowest BCUT2D eigenvalue weighted by molar-refractivity contribution is -0.117. The molecule has 0 fully saturated rings. The second kappa shape index (κ2) is 9.50. The van der Waals surface area contributed by atoms with Gasteiger partial charge in [-0.05, 0) is 23.6 Å². The van der Waals surface area contributed by atoms with E-state index in [1.54, 1.807) is 7.11 Å². The average molecular weight is 294 g/mol. The van der Waals surface area contributed by atoms with E-state index in [1.165, 1.54) is 5.56 Å². The highest BCUT2D eigenvalue weighted by Gasteiger charge is 2.11. The number of benzene rings is 1. The van der Waals surface area contributed by atoms with Crippen LogP contribution in [0.15, 0.2) is 24.3 Å². The third kappa shape index (κ3) is 6.71. The Bertz CT molecular complexity index is 435. The van der Waals surface area contributed by atoms with Crippen molar-refractivity contribution < 1.29 is 14.6 Å². The fraction of sp³-hybridized carbons (Fsp3) is 0.562. The van der Waals surface area contributed by atoms with E-state index in [4.69, 9.17) is 9.84 Å². The van der Waals surface area contributed by atoms with E-state index in [9.17, 15) is 4.79 Å². The Morgan fingerprint density at radius 3 is 2.76 bits per heavy atom. The lowest BCUT2D eigenvalue weighted by atomic mass is 10.0. The first-order valence-electron chi connectivity index (χ1n) is 7.28. The van der Waals surface area contributed by atoms with Crippen molar-refractivity contribution >= 4 is 11.6 Å². The molecule has 1 aromatic carbocycles. The Morgan fingerprint density at radius 2 is 2.14 bits per heavy atom. The van der Waals surface area contributed by atoms with Crippen LogP contribution in [0.1, 0.15) is 25.3 Å². The molecule has 21 heavy (non-hydrogen) atoms. The van der Waals surface area contributed by atoms with Gasteiger partial charge in [0.2, 0.25) is 5.91 Å². The van der Waals surface area contributed by atoms with E-state index in [0.717, 1.165) is 5.69 Å². The number of carbonyl (C=O) groups is 1. The molecule has 5 nitrogen and oxygen atoms in total. The molecular weight excluding hydrogens is 268 g/mol. The zero-order valence-corrected chi connectivity index (χ0v) is 13.1. The number of rotatable bonds is 9. The topological polar surface area (TPSA) is 61.8 Å². The van der Waals surface area contributed by atoms with Crippen molar-refractivity contribution in [3.05, 3.63) is 29.8 Å². The third-order valence-corrected chi connectivity index (χ3v) is 3.23. The van der Waals surface area contributed by atoms with Crippen LogP contribution >= 0.6 is 0 Å². The van der Waals surface area contributed by atoms with Crippen LogP contribution in [0, 0.1) is 0 Å². The lowest BCUT2D eigenvalue weighted by Gasteiger charge is -2.20. The fourth-order valence-corrected chi connectivity index (χ4v) is 2.01. The minimum atomic E-state index is -0.0829. The van der Waals surface area contributed by atoms with Crippen molar-refractivity contribution in [3.8, 4) is 0 Å². The Balaban J connectivity index is 2.56. The molecule has 1 aromatic rings. The predicted molar refractivity (Wildman–Crippen MR) is 84.6 cm³/mol. The molecule has 1 rings (SSSR count). The van der Waals surface area contributed by atoms with Crippen molar-refractivity contribution in [1.29, 1.82) is 0 Å². The maximum Gasteiger partial charge on any atom is 0.238 e. The van der Waals surface area contributed by atoms with Gasteiger partial charge in [-0.2, -0.15) is 0 Å². The van der Waals surface area contributed by atoms with Crippen LogP contribution in [0.4, 0.5) is 5.69 Å². The van der Waals surface area contributed by atoms with Gasteiger partial charge in [0.25, 0.3) is 0 Å². The average Bonchev–Trinajstić information content (AvgIpc) is 2.45. The van der Waals surface area contributed by atoms with Gasteiger partial charge in [-0.15, -0.1) is 0 Å². The van der Waals surface area contributed by atoms with Gasteiger partial charge >= 0.3 is 0 Å². The number of aliphatic hydroxyl groups is 1. The number of methoxy groups -OCH3 is 1. The predicted octanol–water partition coefficient (Wildman–Crippen LogP) is 1.69. The quantitative estimate of drug-likeness (QED) is 0.727. The van der Waals surface area contributed by atoms with Crippen molar-refractivity contribution in [1.82, 2.24) is 4.90 Å². The van der Waals surface area contributed by atoms with Crippen molar-refractivity contribution in [2.45, 2.75) is 19.8 Å². The Labute approximate surface area is 126 Å². The molecule has 0 aliphatic carbocycles. The van der Waals surface area contributed by atoms with E-state index >= 15 is 0 Å². The number of hydrogen-bond acceptors (Lipinski definition) is 4. The third-order valence-electron chi connectivity index (χ3n) is 3.23. The summed E-state index contributed by atoms with van der Waals surface area (Å²) in [6.45, 7) is 6.13. The first-order chi connectivity index (χ1) is 10.1. The van der Waals surface area contributed by atoms with Crippen molar-refractivity contribution in [3.63, 3.8) is 0 Å². The molecule has 0 aliphatic heterocycles. The number of nitrogens with zero attached hydrogens (tertiary/aromatic N) is 1. The number of ether oxygens (including phenoxy) is 1. The smallest absolute Gasteiger partial charge is 0.238 e. The van der Waals surface area contributed by atoms with Crippen molar-refractivity contribution in [2.24, 2.45) is 0 Å². The monoisotopic (exact) mass is 294 g/mol. The summed E-state index contributed by atoms with van der Waals surface area (Å²) in [6.07, 6.45) is 0. The summed E-state index contributed by atoms with van der Waals surface area (Å²) in [5.41, 5.74) is 2.00. The Kier molecular flexibility index (Phi) is 7.97. The lowest BCUT2D eigenvalue weighted by Crippen LogP contribution is -2.37. The van der Waals surface area contributed by atoms with Gasteiger partial charge in [0.05, 0.1) is 19.8 Å². The van der Waals surface area contributed by atoms with E-state index in [0.29, 0.717) is 25.6 Å². The van der Waals surface area contributed by atoms with Crippen LogP contribution in [0.25, 0.3) is 0 Å². The first-order valence-corrected chi connectivity index (χ1v) is 7.28. The first kappa shape index (κ1) is 17.6. The molecule has 2 N–H and O–H groups in total. The van der Waals surface area contributed by atoms with Gasteiger partial charge < -0.3 is 15.2 Å². The number of amides is 1. The van der Waals surface area contributed by atoms with Crippen LogP contribution < -0.4 is 5.32 Å². The minimum absolute atomic E-state index is 0.0276. The summed E-state index contributed by atoms with van der Waals surface area (Å²) in [4.78, 5) is 13.9. The second-order valence-corrected chi connectivity index (χ2v) is 5.32.